The SMILES string of the molecule is CCCC1CN(Cc2ncnn2C(C)C)CCN1. The van der Waals surface area contributed by atoms with E-state index in [4.69, 9.17) is 0 Å². The molecule has 1 fully saturated rings. The van der Waals surface area contributed by atoms with Crippen molar-refractivity contribution in [2.45, 2.75) is 52.2 Å². The van der Waals surface area contributed by atoms with Gasteiger partial charge in [-0.1, -0.05) is 13.3 Å². The molecule has 1 N–H and O–H groups in total. The minimum atomic E-state index is 0.386. The number of hydrogen-bond acceptors (Lipinski definition) is 4. The summed E-state index contributed by atoms with van der Waals surface area (Å²) in [6, 6.07) is 1.02. The molecule has 1 unspecified atom stereocenters. The van der Waals surface area contributed by atoms with Crippen molar-refractivity contribution in [2.24, 2.45) is 0 Å². The molecule has 0 saturated carbocycles. The molecular formula is C13H25N5. The molecular weight excluding hydrogens is 226 g/mol. The quantitative estimate of drug-likeness (QED) is 0.860. The zero-order valence-electron chi connectivity index (χ0n) is 11.8. The largest absolute Gasteiger partial charge is 0.311 e. The third-order valence-electron chi connectivity index (χ3n) is 3.48. The highest BCUT2D eigenvalue weighted by molar-refractivity contribution is 4.89. The molecule has 1 aliphatic rings. The lowest BCUT2D eigenvalue weighted by Crippen LogP contribution is -2.50. The molecule has 102 valence electrons. The van der Waals surface area contributed by atoms with Crippen molar-refractivity contribution in [2.75, 3.05) is 19.6 Å². The Bertz CT molecular complexity index is 358. The van der Waals surface area contributed by atoms with Gasteiger partial charge in [0.2, 0.25) is 0 Å². The maximum Gasteiger partial charge on any atom is 0.141 e. The highest BCUT2D eigenvalue weighted by Crippen LogP contribution is 2.11. The van der Waals surface area contributed by atoms with Crippen LogP contribution in [-0.4, -0.2) is 45.3 Å². The number of piperazine rings is 1. The van der Waals surface area contributed by atoms with Gasteiger partial charge in [-0.3, -0.25) is 4.90 Å². The fourth-order valence-electron chi connectivity index (χ4n) is 2.60. The van der Waals surface area contributed by atoms with E-state index in [0.29, 0.717) is 12.1 Å². The number of aromatic nitrogens is 3. The maximum absolute atomic E-state index is 4.39. The van der Waals surface area contributed by atoms with E-state index < -0.39 is 0 Å². The van der Waals surface area contributed by atoms with Crippen molar-refractivity contribution in [3.8, 4) is 0 Å². The molecule has 1 aromatic heterocycles. The summed E-state index contributed by atoms with van der Waals surface area (Å²) in [6.07, 6.45) is 4.17. The zero-order chi connectivity index (χ0) is 13.0. The van der Waals surface area contributed by atoms with E-state index in [9.17, 15) is 0 Å². The first kappa shape index (κ1) is 13.5. The van der Waals surface area contributed by atoms with Gasteiger partial charge >= 0.3 is 0 Å². The molecule has 0 bridgehead atoms. The maximum atomic E-state index is 4.39. The Labute approximate surface area is 110 Å². The number of nitrogens with zero attached hydrogens (tertiary/aromatic N) is 4. The summed E-state index contributed by atoms with van der Waals surface area (Å²) in [5, 5.41) is 7.88. The molecule has 0 radical (unpaired) electrons. The van der Waals surface area contributed by atoms with Crippen LogP contribution in [0, 0.1) is 0 Å². The van der Waals surface area contributed by atoms with Gasteiger partial charge in [0, 0.05) is 31.7 Å². The first-order valence-electron chi connectivity index (χ1n) is 7.04. The van der Waals surface area contributed by atoms with Gasteiger partial charge in [0.1, 0.15) is 12.2 Å². The third-order valence-corrected chi connectivity index (χ3v) is 3.48. The monoisotopic (exact) mass is 251 g/mol. The molecule has 1 saturated heterocycles. The van der Waals surface area contributed by atoms with Gasteiger partial charge in [0.15, 0.2) is 0 Å². The highest BCUT2D eigenvalue weighted by atomic mass is 15.4. The Balaban J connectivity index is 1.94. The predicted molar refractivity (Wildman–Crippen MR) is 72.4 cm³/mol. The smallest absolute Gasteiger partial charge is 0.141 e. The molecule has 0 aliphatic carbocycles. The standard InChI is InChI=1S/C13H25N5/c1-4-5-12-8-17(7-6-14-12)9-13-15-10-16-18(13)11(2)3/h10-12,14H,4-9H2,1-3H3. The normalized spacial score (nSPS) is 21.7. The summed E-state index contributed by atoms with van der Waals surface area (Å²) >= 11 is 0. The van der Waals surface area contributed by atoms with E-state index >= 15 is 0 Å². The van der Waals surface area contributed by atoms with Crippen molar-refractivity contribution in [3.05, 3.63) is 12.2 Å². The Hall–Kier alpha value is -0.940. The third kappa shape index (κ3) is 3.29. The molecule has 2 rings (SSSR count). The van der Waals surface area contributed by atoms with Gasteiger partial charge < -0.3 is 5.32 Å². The highest BCUT2D eigenvalue weighted by Gasteiger charge is 2.20. The average molecular weight is 251 g/mol. The Morgan fingerprint density at radius 2 is 2.33 bits per heavy atom. The van der Waals surface area contributed by atoms with E-state index in [1.807, 2.05) is 4.68 Å². The zero-order valence-corrected chi connectivity index (χ0v) is 11.8. The van der Waals surface area contributed by atoms with Crippen LogP contribution in [0.25, 0.3) is 0 Å². The van der Waals surface area contributed by atoms with E-state index in [0.717, 1.165) is 32.0 Å². The summed E-state index contributed by atoms with van der Waals surface area (Å²) in [7, 11) is 0. The fraction of sp³-hybridized carbons (Fsp3) is 0.846. The van der Waals surface area contributed by atoms with Crippen molar-refractivity contribution < 1.29 is 0 Å². The fourth-order valence-corrected chi connectivity index (χ4v) is 2.60. The number of rotatable bonds is 5. The van der Waals surface area contributed by atoms with Crippen molar-refractivity contribution in [1.82, 2.24) is 25.0 Å². The minimum Gasteiger partial charge on any atom is -0.311 e. The molecule has 1 aromatic rings. The molecule has 2 heterocycles. The van der Waals surface area contributed by atoms with Crippen LogP contribution in [0.2, 0.25) is 0 Å². The van der Waals surface area contributed by atoms with E-state index in [1.54, 1.807) is 6.33 Å². The van der Waals surface area contributed by atoms with Crippen LogP contribution >= 0.6 is 0 Å². The molecule has 1 aliphatic heterocycles. The Morgan fingerprint density at radius 3 is 3.06 bits per heavy atom. The van der Waals surface area contributed by atoms with Crippen molar-refractivity contribution in [1.29, 1.82) is 0 Å². The molecule has 1 atom stereocenters. The average Bonchev–Trinajstić information content (AvgIpc) is 2.78. The van der Waals surface area contributed by atoms with Gasteiger partial charge in [-0.25, -0.2) is 9.67 Å². The van der Waals surface area contributed by atoms with Crippen LogP contribution in [0.4, 0.5) is 0 Å². The lowest BCUT2D eigenvalue weighted by molar-refractivity contribution is 0.179. The number of nitrogens with one attached hydrogen (secondary N) is 1. The van der Waals surface area contributed by atoms with Gasteiger partial charge in [0.05, 0.1) is 6.54 Å². The van der Waals surface area contributed by atoms with Crippen molar-refractivity contribution in [3.63, 3.8) is 0 Å². The summed E-state index contributed by atoms with van der Waals surface area (Å²) in [5.74, 6) is 1.09. The Kier molecular flexibility index (Phi) is 4.72. The summed E-state index contributed by atoms with van der Waals surface area (Å²) in [4.78, 5) is 6.88. The molecule has 18 heavy (non-hydrogen) atoms. The van der Waals surface area contributed by atoms with E-state index in [-0.39, 0.29) is 0 Å². The molecule has 5 nitrogen and oxygen atoms in total. The molecule has 0 spiro atoms. The lowest BCUT2D eigenvalue weighted by Gasteiger charge is -2.33. The van der Waals surface area contributed by atoms with Gasteiger partial charge in [-0.2, -0.15) is 5.10 Å². The minimum absolute atomic E-state index is 0.386. The van der Waals surface area contributed by atoms with Gasteiger partial charge in [-0.15, -0.1) is 0 Å². The molecule has 0 amide bonds. The van der Waals surface area contributed by atoms with Crippen LogP contribution in [-0.2, 0) is 6.54 Å². The van der Waals surface area contributed by atoms with Crippen LogP contribution in [0.15, 0.2) is 6.33 Å². The summed E-state index contributed by atoms with van der Waals surface area (Å²) in [5.41, 5.74) is 0. The Morgan fingerprint density at radius 1 is 1.50 bits per heavy atom. The van der Waals surface area contributed by atoms with E-state index in [2.05, 4.69) is 41.1 Å². The first-order chi connectivity index (χ1) is 8.70. The predicted octanol–water partition coefficient (Wildman–Crippen LogP) is 1.43. The second-order valence-corrected chi connectivity index (χ2v) is 5.39. The second-order valence-electron chi connectivity index (χ2n) is 5.39. The van der Waals surface area contributed by atoms with Crippen LogP contribution in [0.3, 0.4) is 0 Å². The van der Waals surface area contributed by atoms with Crippen molar-refractivity contribution >= 4 is 0 Å². The lowest BCUT2D eigenvalue weighted by atomic mass is 10.1. The van der Waals surface area contributed by atoms with E-state index in [1.165, 1.54) is 12.8 Å². The topological polar surface area (TPSA) is 46.0 Å². The van der Waals surface area contributed by atoms with Crippen LogP contribution < -0.4 is 5.32 Å². The number of hydrogen-bond donors (Lipinski definition) is 1. The van der Waals surface area contributed by atoms with Crippen LogP contribution in [0.1, 0.15) is 45.5 Å². The van der Waals surface area contributed by atoms with Crippen LogP contribution in [0.5, 0.6) is 0 Å². The summed E-state index contributed by atoms with van der Waals surface area (Å²) < 4.78 is 2.02. The van der Waals surface area contributed by atoms with Gasteiger partial charge in [-0.05, 0) is 20.3 Å². The molecule has 5 heteroatoms. The first-order valence-corrected chi connectivity index (χ1v) is 7.04. The van der Waals surface area contributed by atoms with Gasteiger partial charge in [0.25, 0.3) is 0 Å². The molecule has 0 aromatic carbocycles. The summed E-state index contributed by atoms with van der Waals surface area (Å²) in [6.45, 7) is 10.8. The second kappa shape index (κ2) is 6.29.